The molecule has 0 aliphatic carbocycles. The monoisotopic (exact) mass is 382 g/mol. The zero-order valence-corrected chi connectivity index (χ0v) is 17.6. The van der Waals surface area contributed by atoms with Gasteiger partial charge in [0.2, 0.25) is 0 Å². The maximum atomic E-state index is 9.45. The Labute approximate surface area is 164 Å². The fourth-order valence-electron chi connectivity index (χ4n) is 4.77. The van der Waals surface area contributed by atoms with Gasteiger partial charge in [-0.2, -0.15) is 15.3 Å². The first-order valence-corrected chi connectivity index (χ1v) is 12.0. The Kier molecular flexibility index (Phi) is 5.22. The third kappa shape index (κ3) is 3.43. The van der Waals surface area contributed by atoms with E-state index in [1.54, 1.807) is 0 Å². The van der Waals surface area contributed by atoms with Gasteiger partial charge in [0, 0.05) is 29.1 Å². The van der Waals surface area contributed by atoms with Gasteiger partial charge in [0.05, 0.1) is 6.07 Å². The lowest BCUT2D eigenvalue weighted by Crippen LogP contribution is -2.51. The molecule has 1 aromatic carbocycles. The Morgan fingerprint density at radius 3 is 2.70 bits per heavy atom. The van der Waals surface area contributed by atoms with Gasteiger partial charge >= 0.3 is 0 Å². The van der Waals surface area contributed by atoms with Crippen LogP contribution in [-0.4, -0.2) is 27.9 Å². The highest BCUT2D eigenvalue weighted by Gasteiger charge is 2.49. The summed E-state index contributed by atoms with van der Waals surface area (Å²) in [5, 5.41) is 20.2. The molecule has 1 fully saturated rings. The molecule has 4 nitrogen and oxygen atoms in total. The Bertz CT molecular complexity index is 908. The van der Waals surface area contributed by atoms with Gasteiger partial charge in [-0.1, -0.05) is 32.9 Å². The number of pyridine rings is 1. The normalized spacial score (nSPS) is 29.1. The summed E-state index contributed by atoms with van der Waals surface area (Å²) in [4.78, 5) is 4.39. The number of rotatable bonds is 5. The smallest absolute Gasteiger partial charge is 0.133 e. The summed E-state index contributed by atoms with van der Waals surface area (Å²) in [6.45, 7) is 6.63. The van der Waals surface area contributed by atoms with Crippen molar-refractivity contribution in [1.29, 1.82) is 10.7 Å². The maximum Gasteiger partial charge on any atom is 0.133 e. The number of amidine groups is 1. The van der Waals surface area contributed by atoms with E-state index >= 15 is 0 Å². The Hall–Kier alpha value is -2.06. The fourth-order valence-corrected chi connectivity index (χ4v) is 8.12. The quantitative estimate of drug-likeness (QED) is 0.571. The molecule has 27 heavy (non-hydrogen) atoms. The SMILES string of the molecule is CCC(C#N)CC(C)c1c(C2(C)CS(C)(C(=N)N)C2)ccc2ccncc12. The van der Waals surface area contributed by atoms with Crippen LogP contribution in [0.15, 0.2) is 30.6 Å². The third-order valence-electron chi connectivity index (χ3n) is 6.13. The molecule has 3 N–H and O–H groups in total. The molecule has 0 radical (unpaired) electrons. The number of benzene rings is 1. The summed E-state index contributed by atoms with van der Waals surface area (Å²) >= 11 is 0. The van der Waals surface area contributed by atoms with Crippen molar-refractivity contribution >= 4 is 26.0 Å². The first-order chi connectivity index (χ1) is 12.7. The van der Waals surface area contributed by atoms with Crippen molar-refractivity contribution in [1.82, 2.24) is 4.98 Å². The van der Waals surface area contributed by atoms with Crippen molar-refractivity contribution in [2.45, 2.75) is 44.9 Å². The molecule has 1 saturated heterocycles. The number of nitriles is 1. The number of nitrogens with zero attached hydrogens (tertiary/aromatic N) is 2. The van der Waals surface area contributed by atoms with Gasteiger partial charge in [-0.05, 0) is 59.1 Å². The van der Waals surface area contributed by atoms with Crippen molar-refractivity contribution in [3.8, 4) is 6.07 Å². The molecule has 1 aliphatic heterocycles. The van der Waals surface area contributed by atoms with E-state index in [1.165, 1.54) is 21.9 Å². The van der Waals surface area contributed by atoms with E-state index in [4.69, 9.17) is 11.1 Å². The predicted molar refractivity (Wildman–Crippen MR) is 117 cm³/mol. The molecule has 5 heteroatoms. The Morgan fingerprint density at radius 1 is 1.41 bits per heavy atom. The van der Waals surface area contributed by atoms with Crippen molar-refractivity contribution < 1.29 is 0 Å². The van der Waals surface area contributed by atoms with Gasteiger partial charge in [0.1, 0.15) is 5.17 Å². The van der Waals surface area contributed by atoms with Crippen LogP contribution >= 0.6 is 10.0 Å². The predicted octanol–water partition coefficient (Wildman–Crippen LogP) is 4.88. The lowest BCUT2D eigenvalue weighted by molar-refractivity contribution is 0.508. The van der Waals surface area contributed by atoms with E-state index in [2.05, 4.69) is 56.3 Å². The summed E-state index contributed by atoms with van der Waals surface area (Å²) in [7, 11) is -1.15. The summed E-state index contributed by atoms with van der Waals surface area (Å²) in [6.07, 6.45) is 7.72. The molecule has 2 unspecified atom stereocenters. The van der Waals surface area contributed by atoms with Gasteiger partial charge < -0.3 is 5.73 Å². The summed E-state index contributed by atoms with van der Waals surface area (Å²) in [6, 6.07) is 8.97. The maximum absolute atomic E-state index is 9.45. The van der Waals surface area contributed by atoms with Crippen LogP contribution in [0.1, 0.15) is 50.7 Å². The minimum absolute atomic E-state index is 0.0394. The van der Waals surface area contributed by atoms with Gasteiger partial charge in [-0.3, -0.25) is 10.4 Å². The average Bonchev–Trinajstić information content (AvgIpc) is 2.63. The Balaban J connectivity index is 2.09. The first kappa shape index (κ1) is 19.7. The van der Waals surface area contributed by atoms with Crippen molar-refractivity contribution in [2.24, 2.45) is 11.7 Å². The first-order valence-electron chi connectivity index (χ1n) is 9.58. The number of fused-ring (bicyclic) bond motifs is 1. The van der Waals surface area contributed by atoms with Crippen LogP contribution in [-0.2, 0) is 5.41 Å². The summed E-state index contributed by atoms with van der Waals surface area (Å²) < 4.78 is 0. The van der Waals surface area contributed by atoms with Crippen LogP contribution < -0.4 is 5.73 Å². The molecule has 0 amide bonds. The van der Waals surface area contributed by atoms with E-state index < -0.39 is 10.0 Å². The van der Waals surface area contributed by atoms with E-state index in [0.717, 1.165) is 24.3 Å². The molecule has 0 spiro atoms. The van der Waals surface area contributed by atoms with Gasteiger partial charge in [0.25, 0.3) is 0 Å². The lowest BCUT2D eigenvalue weighted by Gasteiger charge is -2.57. The van der Waals surface area contributed by atoms with Gasteiger partial charge in [0.15, 0.2) is 0 Å². The molecule has 3 rings (SSSR count). The van der Waals surface area contributed by atoms with E-state index in [9.17, 15) is 5.26 Å². The number of hydrogen-bond acceptors (Lipinski definition) is 3. The van der Waals surface area contributed by atoms with Crippen LogP contribution in [0.5, 0.6) is 0 Å². The van der Waals surface area contributed by atoms with E-state index in [-0.39, 0.29) is 17.3 Å². The molecule has 1 aliphatic rings. The minimum Gasteiger partial charge on any atom is -0.380 e. The summed E-state index contributed by atoms with van der Waals surface area (Å²) in [5.74, 6) is 2.29. The van der Waals surface area contributed by atoms with Crippen LogP contribution in [0.4, 0.5) is 0 Å². The van der Waals surface area contributed by atoms with Crippen LogP contribution in [0.3, 0.4) is 0 Å². The number of nitrogens with two attached hydrogens (primary N) is 1. The fraction of sp³-hybridized carbons (Fsp3) is 0.500. The molecule has 0 bridgehead atoms. The molecule has 2 heterocycles. The molecule has 1 aromatic heterocycles. The number of hydrogen-bond donors (Lipinski definition) is 2. The second kappa shape index (κ2) is 7.16. The molecular weight excluding hydrogens is 352 g/mol. The molecule has 0 saturated carbocycles. The average molecular weight is 383 g/mol. The van der Waals surface area contributed by atoms with Crippen LogP contribution in [0, 0.1) is 22.7 Å². The molecule has 2 aromatic rings. The van der Waals surface area contributed by atoms with Crippen molar-refractivity contribution in [3.05, 3.63) is 41.7 Å². The van der Waals surface area contributed by atoms with Gasteiger partial charge in [-0.25, -0.2) is 0 Å². The zero-order chi connectivity index (χ0) is 19.8. The molecular formula is C22H30N4S. The lowest BCUT2D eigenvalue weighted by atomic mass is 9.75. The topological polar surface area (TPSA) is 86.5 Å². The van der Waals surface area contributed by atoms with Crippen molar-refractivity contribution in [2.75, 3.05) is 17.8 Å². The second-order valence-electron chi connectivity index (χ2n) is 8.48. The Morgan fingerprint density at radius 2 is 2.11 bits per heavy atom. The largest absolute Gasteiger partial charge is 0.380 e. The highest BCUT2D eigenvalue weighted by molar-refractivity contribution is 8.45. The van der Waals surface area contributed by atoms with Gasteiger partial charge in [-0.15, -0.1) is 0 Å². The number of aromatic nitrogens is 1. The standard InChI is InChI=1S/C22H30N4S/c1-5-16(11-23)10-15(2)20-18-12-26-9-8-17(18)6-7-19(20)22(3)13-27(4,14-22)21(24)25/h6-9,12,15-16H,5,10,13-14H2,1-4H3,(H3,24,25). The van der Waals surface area contributed by atoms with E-state index in [0.29, 0.717) is 5.17 Å². The highest BCUT2D eigenvalue weighted by Crippen LogP contribution is 2.63. The highest BCUT2D eigenvalue weighted by atomic mass is 32.3. The second-order valence-corrected chi connectivity index (χ2v) is 12.0. The van der Waals surface area contributed by atoms with Crippen LogP contribution in [0.25, 0.3) is 10.8 Å². The van der Waals surface area contributed by atoms with Crippen LogP contribution in [0.2, 0.25) is 0 Å². The zero-order valence-electron chi connectivity index (χ0n) is 16.7. The van der Waals surface area contributed by atoms with E-state index in [1.807, 2.05) is 12.4 Å². The number of nitrogens with one attached hydrogen (secondary N) is 1. The van der Waals surface area contributed by atoms with Crippen molar-refractivity contribution in [3.63, 3.8) is 0 Å². The molecule has 2 atom stereocenters. The summed E-state index contributed by atoms with van der Waals surface area (Å²) in [5.41, 5.74) is 8.63. The molecule has 144 valence electrons. The third-order valence-corrected chi connectivity index (χ3v) is 9.74. The minimum atomic E-state index is -1.15.